The Kier molecular flexibility index (Phi) is 5.67. The predicted molar refractivity (Wildman–Crippen MR) is 119 cm³/mol. The van der Waals surface area contributed by atoms with Gasteiger partial charge < -0.3 is 9.47 Å². The zero-order chi connectivity index (χ0) is 21.1. The number of hydrogen-bond donors (Lipinski definition) is 0. The molecule has 152 valence electrons. The number of allylic oxidation sites excluding steroid dienone is 2. The van der Waals surface area contributed by atoms with Crippen LogP contribution in [0.25, 0.3) is 21.5 Å². The molecule has 0 unspecified atom stereocenters. The van der Waals surface area contributed by atoms with E-state index in [1.54, 1.807) is 29.6 Å². The highest BCUT2D eigenvalue weighted by Gasteiger charge is 2.12. The first-order chi connectivity index (χ1) is 14.6. The number of aromatic nitrogens is 5. The molecule has 3 heterocycles. The molecule has 0 aliphatic carbocycles. The molecule has 30 heavy (non-hydrogen) atoms. The van der Waals surface area contributed by atoms with Crippen molar-refractivity contribution in [2.45, 2.75) is 20.5 Å². The molecule has 0 amide bonds. The molecule has 7 nitrogen and oxygen atoms in total. The second-order valence-corrected chi connectivity index (χ2v) is 7.88. The number of ether oxygens (including phenoxy) is 2. The van der Waals surface area contributed by atoms with E-state index in [-0.39, 0.29) is 6.61 Å². The molecule has 3 aromatic heterocycles. The summed E-state index contributed by atoms with van der Waals surface area (Å²) in [6, 6.07) is 11.4. The van der Waals surface area contributed by atoms with E-state index < -0.39 is 0 Å². The number of fused-ring (bicyclic) bond motifs is 2. The summed E-state index contributed by atoms with van der Waals surface area (Å²) in [5, 5.41) is 14.1. The van der Waals surface area contributed by atoms with Gasteiger partial charge in [0.2, 0.25) is 0 Å². The van der Waals surface area contributed by atoms with Crippen molar-refractivity contribution in [1.82, 2.24) is 24.8 Å². The molecular formula is C22H21N5O2S. The molecule has 0 radical (unpaired) electrons. The van der Waals surface area contributed by atoms with Crippen LogP contribution in [0.1, 0.15) is 25.4 Å². The zero-order valence-electron chi connectivity index (χ0n) is 17.0. The van der Waals surface area contributed by atoms with Crippen LogP contribution in [0, 0.1) is 0 Å². The molecule has 1 aromatic carbocycles. The molecular weight excluding hydrogens is 398 g/mol. The molecule has 0 bridgehead atoms. The van der Waals surface area contributed by atoms with Crippen LogP contribution in [0.5, 0.6) is 11.5 Å². The third-order valence-corrected chi connectivity index (χ3v) is 5.41. The highest BCUT2D eigenvalue weighted by Crippen LogP contribution is 2.31. The summed E-state index contributed by atoms with van der Waals surface area (Å²) >= 11 is 1.59. The van der Waals surface area contributed by atoms with Gasteiger partial charge in [-0.25, -0.2) is 0 Å². The SMILES string of the molecule is C=C(C)S/C(=C\C)c1ccc2nnc(COc3ccnc4cc(OC)ccc34)n2n1. The first kappa shape index (κ1) is 19.9. The van der Waals surface area contributed by atoms with E-state index in [2.05, 4.69) is 21.8 Å². The lowest BCUT2D eigenvalue weighted by Gasteiger charge is -2.09. The number of hydrogen-bond acceptors (Lipinski definition) is 7. The topological polar surface area (TPSA) is 74.4 Å². The molecule has 0 aliphatic rings. The van der Waals surface area contributed by atoms with E-state index >= 15 is 0 Å². The monoisotopic (exact) mass is 419 g/mol. The van der Waals surface area contributed by atoms with Gasteiger partial charge in [-0.3, -0.25) is 4.98 Å². The van der Waals surface area contributed by atoms with E-state index in [4.69, 9.17) is 14.6 Å². The quantitative estimate of drug-likeness (QED) is 0.422. The van der Waals surface area contributed by atoms with E-state index in [0.29, 0.717) is 17.2 Å². The molecule has 4 rings (SSSR count). The summed E-state index contributed by atoms with van der Waals surface area (Å²) < 4.78 is 13.0. The Morgan fingerprint density at radius 2 is 2.07 bits per heavy atom. The van der Waals surface area contributed by atoms with Crippen molar-refractivity contribution in [2.75, 3.05) is 7.11 Å². The van der Waals surface area contributed by atoms with Crippen molar-refractivity contribution in [2.24, 2.45) is 0 Å². The fourth-order valence-electron chi connectivity index (χ4n) is 3.00. The summed E-state index contributed by atoms with van der Waals surface area (Å²) in [6.45, 7) is 8.15. The van der Waals surface area contributed by atoms with Gasteiger partial charge >= 0.3 is 0 Å². The molecule has 0 saturated carbocycles. The maximum absolute atomic E-state index is 6.06. The maximum Gasteiger partial charge on any atom is 0.192 e. The lowest BCUT2D eigenvalue weighted by molar-refractivity contribution is 0.296. The Labute approximate surface area is 178 Å². The van der Waals surface area contributed by atoms with Crippen LogP contribution in [-0.2, 0) is 6.61 Å². The first-order valence-corrected chi connectivity index (χ1v) is 10.2. The van der Waals surface area contributed by atoms with E-state index in [1.165, 1.54) is 0 Å². The highest BCUT2D eigenvalue weighted by atomic mass is 32.2. The van der Waals surface area contributed by atoms with Crippen LogP contribution >= 0.6 is 11.8 Å². The normalized spacial score (nSPS) is 11.8. The molecule has 4 aromatic rings. The van der Waals surface area contributed by atoms with Gasteiger partial charge in [0, 0.05) is 22.6 Å². The third kappa shape index (κ3) is 3.99. The van der Waals surface area contributed by atoms with Crippen LogP contribution in [0.2, 0.25) is 0 Å². The average Bonchev–Trinajstić information content (AvgIpc) is 3.17. The summed E-state index contributed by atoms with van der Waals surface area (Å²) in [7, 11) is 1.63. The van der Waals surface area contributed by atoms with E-state index in [9.17, 15) is 0 Å². The van der Waals surface area contributed by atoms with Crippen LogP contribution in [0.3, 0.4) is 0 Å². The van der Waals surface area contributed by atoms with Crippen molar-refractivity contribution in [3.8, 4) is 11.5 Å². The average molecular weight is 420 g/mol. The van der Waals surface area contributed by atoms with Crippen molar-refractivity contribution >= 4 is 33.2 Å². The number of nitrogens with zero attached hydrogens (tertiary/aromatic N) is 5. The number of pyridine rings is 1. The van der Waals surface area contributed by atoms with Crippen molar-refractivity contribution in [3.63, 3.8) is 0 Å². The predicted octanol–water partition coefficient (Wildman–Crippen LogP) is 4.89. The van der Waals surface area contributed by atoms with Gasteiger partial charge in [0.25, 0.3) is 0 Å². The summed E-state index contributed by atoms with van der Waals surface area (Å²) in [4.78, 5) is 6.41. The fraction of sp³-hybridized carbons (Fsp3) is 0.182. The van der Waals surface area contributed by atoms with Gasteiger partial charge in [0.15, 0.2) is 11.5 Å². The molecule has 0 atom stereocenters. The Morgan fingerprint density at radius 1 is 1.20 bits per heavy atom. The Bertz CT molecular complexity index is 1270. The number of rotatable bonds is 7. The number of benzene rings is 1. The summed E-state index contributed by atoms with van der Waals surface area (Å²) in [6.07, 6.45) is 3.73. The highest BCUT2D eigenvalue weighted by molar-refractivity contribution is 8.11. The van der Waals surface area contributed by atoms with Gasteiger partial charge in [0.05, 0.1) is 18.3 Å². The molecule has 0 N–H and O–H groups in total. The second-order valence-electron chi connectivity index (χ2n) is 6.54. The third-order valence-electron chi connectivity index (χ3n) is 4.39. The van der Waals surface area contributed by atoms with Crippen molar-refractivity contribution < 1.29 is 9.47 Å². The fourth-order valence-corrected chi connectivity index (χ4v) is 3.71. The smallest absolute Gasteiger partial charge is 0.192 e. The zero-order valence-corrected chi connectivity index (χ0v) is 17.8. The lowest BCUT2D eigenvalue weighted by atomic mass is 10.2. The number of methoxy groups -OCH3 is 1. The molecule has 0 aliphatic heterocycles. The molecule has 0 fully saturated rings. The first-order valence-electron chi connectivity index (χ1n) is 9.36. The molecule has 0 spiro atoms. The van der Waals surface area contributed by atoms with Crippen LogP contribution < -0.4 is 9.47 Å². The van der Waals surface area contributed by atoms with Gasteiger partial charge in [-0.2, -0.15) is 9.61 Å². The Morgan fingerprint density at radius 3 is 2.83 bits per heavy atom. The Hall–Kier alpha value is -3.39. The van der Waals surface area contributed by atoms with Crippen LogP contribution in [0.4, 0.5) is 0 Å². The van der Waals surface area contributed by atoms with Gasteiger partial charge in [-0.1, -0.05) is 24.4 Å². The van der Waals surface area contributed by atoms with Crippen molar-refractivity contribution in [3.05, 3.63) is 71.7 Å². The van der Waals surface area contributed by atoms with Gasteiger partial charge in [-0.15, -0.1) is 10.2 Å². The largest absolute Gasteiger partial charge is 0.497 e. The van der Waals surface area contributed by atoms with E-state index in [0.717, 1.165) is 32.2 Å². The maximum atomic E-state index is 6.06. The van der Waals surface area contributed by atoms with Gasteiger partial charge in [0.1, 0.15) is 18.1 Å². The second kappa shape index (κ2) is 8.54. The molecule has 8 heteroatoms. The Balaban J connectivity index is 1.62. The van der Waals surface area contributed by atoms with Gasteiger partial charge in [-0.05, 0) is 49.1 Å². The standard InChI is InChI=1S/C22H21N5O2S/c1-5-20(30-14(2)3)17-8-9-21-24-25-22(27(21)26-17)13-29-19-10-11-23-18-12-15(28-4)6-7-16(18)19/h5-12H,2,13H2,1,3-4H3/b20-5-. The lowest BCUT2D eigenvalue weighted by Crippen LogP contribution is -2.05. The minimum absolute atomic E-state index is 0.224. The van der Waals surface area contributed by atoms with Crippen LogP contribution in [0.15, 0.2) is 60.2 Å². The van der Waals surface area contributed by atoms with Crippen LogP contribution in [-0.4, -0.2) is 31.9 Å². The minimum atomic E-state index is 0.224. The van der Waals surface area contributed by atoms with E-state index in [1.807, 2.05) is 56.3 Å². The summed E-state index contributed by atoms with van der Waals surface area (Å²) in [5.74, 6) is 2.07. The van der Waals surface area contributed by atoms with Crippen molar-refractivity contribution in [1.29, 1.82) is 0 Å². The summed E-state index contributed by atoms with van der Waals surface area (Å²) in [5.41, 5.74) is 2.30. The molecule has 0 saturated heterocycles. The minimum Gasteiger partial charge on any atom is -0.497 e. The number of thioether (sulfide) groups is 1.